The largest absolute Gasteiger partial charge is 0.309 e. The van der Waals surface area contributed by atoms with Gasteiger partial charge < -0.3 is 4.90 Å². The fourth-order valence-corrected chi connectivity index (χ4v) is 4.15. The van der Waals surface area contributed by atoms with Crippen molar-refractivity contribution >= 4 is 23.4 Å². The lowest BCUT2D eigenvalue weighted by Gasteiger charge is -2.29. The number of benzene rings is 1. The maximum atomic E-state index is 12.7. The lowest BCUT2D eigenvalue weighted by atomic mass is 10.0. The van der Waals surface area contributed by atoms with Crippen LogP contribution in [0.2, 0.25) is 0 Å². The summed E-state index contributed by atoms with van der Waals surface area (Å²) < 4.78 is 0. The first kappa shape index (κ1) is 12.1. The zero-order valence-electron chi connectivity index (χ0n) is 10.8. The molecule has 2 aliphatic heterocycles. The van der Waals surface area contributed by atoms with Crippen LogP contribution in [0.25, 0.3) is 0 Å². The number of thioether (sulfide) groups is 1. The fourth-order valence-electron chi connectivity index (χ4n) is 3.04. The molecule has 1 fully saturated rings. The minimum Gasteiger partial charge on any atom is -0.309 e. The van der Waals surface area contributed by atoms with E-state index in [4.69, 9.17) is 0 Å². The molecule has 0 spiro atoms. The summed E-state index contributed by atoms with van der Waals surface area (Å²) in [6.07, 6.45) is 3.10. The van der Waals surface area contributed by atoms with Crippen LogP contribution in [0.5, 0.6) is 0 Å². The molecule has 3 rings (SSSR count). The number of amides is 1. The summed E-state index contributed by atoms with van der Waals surface area (Å²) in [5.41, 5.74) is 2.47. The first-order valence-corrected chi connectivity index (χ1v) is 7.91. The van der Waals surface area contributed by atoms with Crippen molar-refractivity contribution in [3.63, 3.8) is 0 Å². The van der Waals surface area contributed by atoms with Crippen molar-refractivity contribution in [3.05, 3.63) is 29.8 Å². The van der Waals surface area contributed by atoms with Gasteiger partial charge in [-0.05, 0) is 49.3 Å². The van der Waals surface area contributed by atoms with E-state index in [1.54, 1.807) is 0 Å². The maximum Gasteiger partial charge on any atom is 0.230 e. The van der Waals surface area contributed by atoms with Crippen LogP contribution in [-0.2, 0) is 11.2 Å². The van der Waals surface area contributed by atoms with Gasteiger partial charge in [-0.2, -0.15) is 11.8 Å². The van der Waals surface area contributed by atoms with Crippen molar-refractivity contribution in [1.29, 1.82) is 0 Å². The van der Waals surface area contributed by atoms with Gasteiger partial charge in [0, 0.05) is 17.6 Å². The van der Waals surface area contributed by atoms with Gasteiger partial charge in [-0.1, -0.05) is 18.2 Å². The van der Waals surface area contributed by atoms with Crippen LogP contribution in [0, 0.1) is 5.92 Å². The molecule has 1 unspecified atom stereocenters. The number of hydrogen-bond donors (Lipinski definition) is 0. The van der Waals surface area contributed by atoms with Crippen molar-refractivity contribution in [3.8, 4) is 0 Å². The van der Waals surface area contributed by atoms with Gasteiger partial charge in [0.05, 0.1) is 0 Å². The SMILES string of the molecule is CC1Cc2ccccc2N1C(=O)C1CCSCC1. The Bertz CT molecular complexity index is 454. The van der Waals surface area contributed by atoms with Crippen molar-refractivity contribution in [2.45, 2.75) is 32.2 Å². The molecule has 0 radical (unpaired) electrons. The summed E-state index contributed by atoms with van der Waals surface area (Å²) in [7, 11) is 0. The molecule has 1 atom stereocenters. The third kappa shape index (κ3) is 2.05. The second kappa shape index (κ2) is 4.96. The van der Waals surface area contributed by atoms with Crippen LogP contribution in [-0.4, -0.2) is 23.5 Å². The highest BCUT2D eigenvalue weighted by atomic mass is 32.2. The molecular formula is C15H19NOS. The van der Waals surface area contributed by atoms with Crippen LogP contribution >= 0.6 is 11.8 Å². The molecule has 1 amide bonds. The number of rotatable bonds is 1. The van der Waals surface area contributed by atoms with Gasteiger partial charge in [0.15, 0.2) is 0 Å². The van der Waals surface area contributed by atoms with E-state index in [9.17, 15) is 4.79 Å². The van der Waals surface area contributed by atoms with Crippen LogP contribution in [0.15, 0.2) is 24.3 Å². The Morgan fingerprint density at radius 3 is 2.78 bits per heavy atom. The van der Waals surface area contributed by atoms with E-state index in [1.807, 2.05) is 17.8 Å². The Balaban J connectivity index is 1.85. The molecule has 1 saturated heterocycles. The number of anilines is 1. The zero-order valence-corrected chi connectivity index (χ0v) is 11.6. The summed E-state index contributed by atoms with van der Waals surface area (Å²) in [4.78, 5) is 14.7. The average Bonchev–Trinajstić information content (AvgIpc) is 2.75. The third-order valence-electron chi connectivity index (χ3n) is 4.02. The Kier molecular flexibility index (Phi) is 3.33. The Morgan fingerprint density at radius 2 is 2.00 bits per heavy atom. The van der Waals surface area contributed by atoms with Gasteiger partial charge in [0.2, 0.25) is 5.91 Å². The topological polar surface area (TPSA) is 20.3 Å². The van der Waals surface area contributed by atoms with E-state index in [-0.39, 0.29) is 5.92 Å². The molecule has 2 nitrogen and oxygen atoms in total. The van der Waals surface area contributed by atoms with E-state index in [1.165, 1.54) is 5.56 Å². The van der Waals surface area contributed by atoms with Gasteiger partial charge in [0.1, 0.15) is 0 Å². The predicted molar refractivity (Wildman–Crippen MR) is 77.1 cm³/mol. The molecular weight excluding hydrogens is 242 g/mol. The molecule has 96 valence electrons. The van der Waals surface area contributed by atoms with E-state index in [2.05, 4.69) is 30.0 Å². The standard InChI is InChI=1S/C15H19NOS/c1-11-10-13-4-2-3-5-14(13)16(11)15(17)12-6-8-18-9-7-12/h2-5,11-12H,6-10H2,1H3. The molecule has 0 aliphatic carbocycles. The summed E-state index contributed by atoms with van der Waals surface area (Å²) in [5.74, 6) is 2.88. The second-order valence-electron chi connectivity index (χ2n) is 5.28. The molecule has 0 saturated carbocycles. The Labute approximate surface area is 113 Å². The predicted octanol–water partition coefficient (Wildman–Crippen LogP) is 3.11. The molecule has 3 heteroatoms. The smallest absolute Gasteiger partial charge is 0.230 e. The summed E-state index contributed by atoms with van der Waals surface area (Å²) in [5, 5.41) is 0. The van der Waals surface area contributed by atoms with Crippen LogP contribution < -0.4 is 4.90 Å². The van der Waals surface area contributed by atoms with E-state index in [0.717, 1.165) is 36.5 Å². The molecule has 0 bridgehead atoms. The average molecular weight is 261 g/mol. The summed E-state index contributed by atoms with van der Waals surface area (Å²) in [6, 6.07) is 8.67. The quantitative estimate of drug-likeness (QED) is 0.774. The molecule has 0 aromatic heterocycles. The molecule has 1 aromatic carbocycles. The number of fused-ring (bicyclic) bond motifs is 1. The summed E-state index contributed by atoms with van der Waals surface area (Å²) in [6.45, 7) is 2.16. The van der Waals surface area contributed by atoms with Crippen LogP contribution in [0.1, 0.15) is 25.3 Å². The number of nitrogens with zero attached hydrogens (tertiary/aromatic N) is 1. The number of para-hydroxylation sites is 1. The van der Waals surface area contributed by atoms with Gasteiger partial charge in [0.25, 0.3) is 0 Å². The Hall–Kier alpha value is -0.960. The van der Waals surface area contributed by atoms with E-state index >= 15 is 0 Å². The number of hydrogen-bond acceptors (Lipinski definition) is 2. The van der Waals surface area contributed by atoms with E-state index in [0.29, 0.717) is 11.9 Å². The van der Waals surface area contributed by atoms with Gasteiger partial charge in [-0.3, -0.25) is 4.79 Å². The highest BCUT2D eigenvalue weighted by Crippen LogP contribution is 2.35. The maximum absolute atomic E-state index is 12.7. The highest BCUT2D eigenvalue weighted by molar-refractivity contribution is 7.99. The molecule has 18 heavy (non-hydrogen) atoms. The van der Waals surface area contributed by atoms with Gasteiger partial charge >= 0.3 is 0 Å². The molecule has 2 aliphatic rings. The monoisotopic (exact) mass is 261 g/mol. The molecule has 1 aromatic rings. The third-order valence-corrected chi connectivity index (χ3v) is 5.06. The number of carbonyl (C=O) groups excluding carboxylic acids is 1. The van der Waals surface area contributed by atoms with Crippen molar-refractivity contribution in [2.75, 3.05) is 16.4 Å². The first-order chi connectivity index (χ1) is 8.77. The van der Waals surface area contributed by atoms with E-state index < -0.39 is 0 Å². The molecule has 0 N–H and O–H groups in total. The lowest BCUT2D eigenvalue weighted by Crippen LogP contribution is -2.41. The minimum absolute atomic E-state index is 0.250. The zero-order chi connectivity index (χ0) is 12.5. The van der Waals surface area contributed by atoms with Crippen molar-refractivity contribution in [2.24, 2.45) is 5.92 Å². The summed E-state index contributed by atoms with van der Waals surface area (Å²) >= 11 is 1.97. The normalized spacial score (nSPS) is 24.1. The highest BCUT2D eigenvalue weighted by Gasteiger charge is 2.34. The van der Waals surface area contributed by atoms with Crippen molar-refractivity contribution in [1.82, 2.24) is 0 Å². The first-order valence-electron chi connectivity index (χ1n) is 6.76. The molecule has 2 heterocycles. The second-order valence-corrected chi connectivity index (χ2v) is 6.50. The van der Waals surface area contributed by atoms with Gasteiger partial charge in [-0.15, -0.1) is 0 Å². The number of carbonyl (C=O) groups is 1. The van der Waals surface area contributed by atoms with Crippen LogP contribution in [0.4, 0.5) is 5.69 Å². The minimum atomic E-state index is 0.250. The van der Waals surface area contributed by atoms with Gasteiger partial charge in [-0.25, -0.2) is 0 Å². The fraction of sp³-hybridized carbons (Fsp3) is 0.533. The van der Waals surface area contributed by atoms with Crippen LogP contribution in [0.3, 0.4) is 0 Å². The Morgan fingerprint density at radius 1 is 1.28 bits per heavy atom. The lowest BCUT2D eigenvalue weighted by molar-refractivity contribution is -0.122. The van der Waals surface area contributed by atoms with Crippen molar-refractivity contribution < 1.29 is 4.79 Å².